The molecule has 1 rings (SSSR count). The molecule has 2 atom stereocenters. The number of primary amides is 1. The Bertz CT molecular complexity index is 294. The quantitative estimate of drug-likeness (QED) is 0.731. The van der Waals surface area contributed by atoms with Crippen LogP contribution in [0.2, 0.25) is 0 Å². The molecule has 5 nitrogen and oxygen atoms in total. The van der Waals surface area contributed by atoms with Gasteiger partial charge in [0.15, 0.2) is 0 Å². The van der Waals surface area contributed by atoms with E-state index < -0.39 is 5.91 Å². The Morgan fingerprint density at radius 2 is 2.11 bits per heavy atom. The number of carbonyl (C=O) groups excluding carboxylic acids is 2. The number of nitrogens with two attached hydrogens (primary N) is 1. The lowest BCUT2D eigenvalue weighted by atomic mass is 9.98. The summed E-state index contributed by atoms with van der Waals surface area (Å²) in [4.78, 5) is 25.0. The van der Waals surface area contributed by atoms with Crippen molar-refractivity contribution in [3.8, 4) is 0 Å². The lowest BCUT2D eigenvalue weighted by molar-refractivity contribution is -0.137. The second-order valence-corrected chi connectivity index (χ2v) is 5.13. The van der Waals surface area contributed by atoms with Gasteiger partial charge in [-0.1, -0.05) is 13.3 Å². The van der Waals surface area contributed by atoms with Gasteiger partial charge in [-0.3, -0.25) is 9.59 Å². The molecule has 1 saturated heterocycles. The third-order valence-corrected chi connectivity index (χ3v) is 3.35. The molecule has 0 saturated carbocycles. The van der Waals surface area contributed by atoms with Gasteiger partial charge >= 0.3 is 0 Å². The monoisotopic (exact) mass is 255 g/mol. The SMILES string of the molecule is CCCCN(CC(N)=O)C(=O)C1CCCC(C)N1. The van der Waals surface area contributed by atoms with Crippen molar-refractivity contribution in [3.05, 3.63) is 0 Å². The Hall–Kier alpha value is -1.10. The summed E-state index contributed by atoms with van der Waals surface area (Å²) in [5, 5.41) is 3.30. The fourth-order valence-electron chi connectivity index (χ4n) is 2.36. The Morgan fingerprint density at radius 1 is 1.39 bits per heavy atom. The third kappa shape index (κ3) is 4.64. The molecule has 0 aromatic heterocycles. The molecule has 2 unspecified atom stereocenters. The van der Waals surface area contributed by atoms with E-state index in [0.717, 1.165) is 32.1 Å². The van der Waals surface area contributed by atoms with Crippen LogP contribution < -0.4 is 11.1 Å². The highest BCUT2D eigenvalue weighted by Gasteiger charge is 2.28. The lowest BCUT2D eigenvalue weighted by Crippen LogP contribution is -2.53. The highest BCUT2D eigenvalue weighted by Crippen LogP contribution is 2.14. The Morgan fingerprint density at radius 3 is 2.67 bits per heavy atom. The predicted octanol–water partition coefficient (Wildman–Crippen LogP) is 0.631. The van der Waals surface area contributed by atoms with Crippen molar-refractivity contribution in [2.24, 2.45) is 5.73 Å². The van der Waals surface area contributed by atoms with Crippen LogP contribution in [-0.4, -0.2) is 41.9 Å². The van der Waals surface area contributed by atoms with Gasteiger partial charge in [-0.15, -0.1) is 0 Å². The van der Waals surface area contributed by atoms with Crippen molar-refractivity contribution in [1.29, 1.82) is 0 Å². The van der Waals surface area contributed by atoms with Crippen LogP contribution >= 0.6 is 0 Å². The number of nitrogens with zero attached hydrogens (tertiary/aromatic N) is 1. The number of unbranched alkanes of at least 4 members (excludes halogenated alkanes) is 1. The second-order valence-electron chi connectivity index (χ2n) is 5.13. The van der Waals surface area contributed by atoms with E-state index in [4.69, 9.17) is 5.73 Å². The van der Waals surface area contributed by atoms with Gasteiger partial charge in [-0.25, -0.2) is 0 Å². The first-order valence-corrected chi connectivity index (χ1v) is 6.87. The predicted molar refractivity (Wildman–Crippen MR) is 70.9 cm³/mol. The van der Waals surface area contributed by atoms with Crippen LogP contribution in [0.1, 0.15) is 46.0 Å². The zero-order chi connectivity index (χ0) is 13.5. The van der Waals surface area contributed by atoms with Crippen LogP contribution in [0.25, 0.3) is 0 Å². The van der Waals surface area contributed by atoms with E-state index in [9.17, 15) is 9.59 Å². The summed E-state index contributed by atoms with van der Waals surface area (Å²) in [7, 11) is 0. The Kier molecular flexibility index (Phi) is 6.12. The van der Waals surface area contributed by atoms with Crippen molar-refractivity contribution in [1.82, 2.24) is 10.2 Å². The molecule has 0 aromatic rings. The molecule has 0 aromatic carbocycles. The highest BCUT2D eigenvalue weighted by molar-refractivity contribution is 5.87. The van der Waals surface area contributed by atoms with Gasteiger partial charge in [-0.2, -0.15) is 0 Å². The van der Waals surface area contributed by atoms with Crippen LogP contribution in [0.5, 0.6) is 0 Å². The largest absolute Gasteiger partial charge is 0.368 e. The van der Waals surface area contributed by atoms with Gasteiger partial charge in [0.2, 0.25) is 11.8 Å². The van der Waals surface area contributed by atoms with Crippen LogP contribution in [0.3, 0.4) is 0 Å². The Balaban J connectivity index is 2.58. The molecule has 0 bridgehead atoms. The summed E-state index contributed by atoms with van der Waals surface area (Å²) in [6.07, 6.45) is 4.92. The van der Waals surface area contributed by atoms with Crippen LogP contribution in [0.4, 0.5) is 0 Å². The molecule has 5 heteroatoms. The maximum absolute atomic E-state index is 12.3. The molecule has 1 fully saturated rings. The summed E-state index contributed by atoms with van der Waals surface area (Å²) in [6.45, 7) is 4.80. The summed E-state index contributed by atoms with van der Waals surface area (Å²) in [5.41, 5.74) is 5.21. The van der Waals surface area contributed by atoms with Crippen molar-refractivity contribution < 1.29 is 9.59 Å². The van der Waals surface area contributed by atoms with Gasteiger partial charge in [0.25, 0.3) is 0 Å². The van der Waals surface area contributed by atoms with Crippen LogP contribution in [0, 0.1) is 0 Å². The molecule has 18 heavy (non-hydrogen) atoms. The van der Waals surface area contributed by atoms with Crippen molar-refractivity contribution >= 4 is 11.8 Å². The summed E-state index contributed by atoms with van der Waals surface area (Å²) < 4.78 is 0. The molecule has 104 valence electrons. The molecule has 0 radical (unpaired) electrons. The minimum absolute atomic E-state index is 0.0220. The lowest BCUT2D eigenvalue weighted by Gasteiger charge is -2.32. The molecular weight excluding hydrogens is 230 g/mol. The molecule has 3 N–H and O–H groups in total. The van der Waals surface area contributed by atoms with E-state index in [1.165, 1.54) is 0 Å². The summed E-state index contributed by atoms with van der Waals surface area (Å²) in [6, 6.07) is 0.222. The zero-order valence-electron chi connectivity index (χ0n) is 11.4. The van der Waals surface area contributed by atoms with Gasteiger partial charge < -0.3 is 16.0 Å². The van der Waals surface area contributed by atoms with E-state index in [1.807, 2.05) is 0 Å². The molecule has 2 amide bonds. The molecule has 1 aliphatic heterocycles. The summed E-state index contributed by atoms with van der Waals surface area (Å²) in [5.74, 6) is -0.419. The highest BCUT2D eigenvalue weighted by atomic mass is 16.2. The average molecular weight is 255 g/mol. The number of nitrogens with one attached hydrogen (secondary N) is 1. The number of carbonyl (C=O) groups is 2. The van der Waals surface area contributed by atoms with E-state index in [-0.39, 0.29) is 18.5 Å². The molecule has 0 spiro atoms. The maximum Gasteiger partial charge on any atom is 0.240 e. The van der Waals surface area contributed by atoms with Crippen LogP contribution in [-0.2, 0) is 9.59 Å². The first-order chi connectivity index (χ1) is 8.54. The first kappa shape index (κ1) is 15.0. The Labute approximate surface area is 109 Å². The number of rotatable bonds is 6. The van der Waals surface area contributed by atoms with Crippen molar-refractivity contribution in [2.45, 2.75) is 58.0 Å². The van der Waals surface area contributed by atoms with E-state index in [1.54, 1.807) is 4.90 Å². The molecule has 1 aliphatic rings. The van der Waals surface area contributed by atoms with E-state index in [2.05, 4.69) is 19.2 Å². The topological polar surface area (TPSA) is 75.4 Å². The number of hydrogen-bond acceptors (Lipinski definition) is 3. The smallest absolute Gasteiger partial charge is 0.240 e. The zero-order valence-corrected chi connectivity index (χ0v) is 11.4. The van der Waals surface area contributed by atoms with Crippen LogP contribution in [0.15, 0.2) is 0 Å². The van der Waals surface area contributed by atoms with Gasteiger partial charge in [0.05, 0.1) is 12.6 Å². The minimum Gasteiger partial charge on any atom is -0.368 e. The normalized spacial score (nSPS) is 23.7. The number of hydrogen-bond donors (Lipinski definition) is 2. The number of amides is 2. The van der Waals surface area contributed by atoms with Gasteiger partial charge in [-0.05, 0) is 32.6 Å². The van der Waals surface area contributed by atoms with Gasteiger partial charge in [0, 0.05) is 12.6 Å². The molecule has 0 aliphatic carbocycles. The van der Waals surface area contributed by atoms with Gasteiger partial charge in [0.1, 0.15) is 0 Å². The van der Waals surface area contributed by atoms with E-state index in [0.29, 0.717) is 12.6 Å². The standard InChI is InChI=1S/C13H25N3O2/c1-3-4-8-16(9-12(14)17)13(18)11-7-5-6-10(2)15-11/h10-11,15H,3-9H2,1-2H3,(H2,14,17). The molecule has 1 heterocycles. The first-order valence-electron chi connectivity index (χ1n) is 6.87. The van der Waals surface area contributed by atoms with E-state index >= 15 is 0 Å². The third-order valence-electron chi connectivity index (χ3n) is 3.35. The molecular formula is C13H25N3O2. The minimum atomic E-state index is -0.441. The second kappa shape index (κ2) is 7.36. The average Bonchev–Trinajstić information content (AvgIpc) is 2.33. The number of piperidine rings is 1. The fourth-order valence-corrected chi connectivity index (χ4v) is 2.36. The maximum atomic E-state index is 12.3. The fraction of sp³-hybridized carbons (Fsp3) is 0.846. The van der Waals surface area contributed by atoms with Crippen molar-refractivity contribution in [3.63, 3.8) is 0 Å². The van der Waals surface area contributed by atoms with Crippen molar-refractivity contribution in [2.75, 3.05) is 13.1 Å². The summed E-state index contributed by atoms with van der Waals surface area (Å²) >= 11 is 0.